The summed E-state index contributed by atoms with van der Waals surface area (Å²) in [6, 6.07) is 6.24. The highest BCUT2D eigenvalue weighted by atomic mass is 35.5. The number of hydrogen-bond acceptors (Lipinski definition) is 3. The molecule has 0 aliphatic rings. The molecule has 0 aliphatic carbocycles. The van der Waals surface area contributed by atoms with E-state index in [4.69, 9.17) is 11.6 Å². The van der Waals surface area contributed by atoms with Crippen LogP contribution in [0, 0.1) is 6.92 Å². The molecule has 1 amide bonds. The van der Waals surface area contributed by atoms with Crippen LogP contribution in [0.3, 0.4) is 0 Å². The molecule has 0 spiro atoms. The van der Waals surface area contributed by atoms with Gasteiger partial charge in [0.2, 0.25) is 5.91 Å². The zero-order valence-electron chi connectivity index (χ0n) is 12.7. The van der Waals surface area contributed by atoms with Gasteiger partial charge in [0.15, 0.2) is 4.71 Å². The number of nitrogens with one attached hydrogen (secondary N) is 1. The van der Waals surface area contributed by atoms with Gasteiger partial charge in [0, 0.05) is 24.1 Å². The number of anilines is 1. The fraction of sp³-hybridized carbons (Fsp3) is 0.333. The van der Waals surface area contributed by atoms with E-state index in [2.05, 4.69) is 10.4 Å². The Morgan fingerprint density at radius 2 is 2.12 bits per heavy atom. The third-order valence-electron chi connectivity index (χ3n) is 2.98. The van der Waals surface area contributed by atoms with Crippen molar-refractivity contribution in [3.63, 3.8) is 0 Å². The normalized spacial score (nSPS) is 12.9. The number of carbonyl (C=O) groups excluding carboxylic acids is 1. The first-order valence-corrected chi connectivity index (χ1v) is 8.32. The van der Waals surface area contributed by atoms with Gasteiger partial charge in [0.1, 0.15) is 0 Å². The average Bonchev–Trinajstić information content (AvgIpc) is 2.92. The van der Waals surface area contributed by atoms with E-state index >= 15 is 0 Å². The topological polar surface area (TPSA) is 46.9 Å². The molecule has 1 N–H and O–H groups in total. The standard InChI is InChI=1S/C15H15ClF3N3OS/c1-10-8-20-22(9-10)7-6-13(23)21-11-4-2-3-5-12(11)24-14(16)15(17,18)19/h2-5,8-9,14H,6-7H2,1H3,(H,21,23). The number of alkyl halides is 4. The quantitative estimate of drug-likeness (QED) is 0.598. The van der Waals surface area contributed by atoms with E-state index in [9.17, 15) is 18.0 Å². The maximum Gasteiger partial charge on any atom is 0.414 e. The van der Waals surface area contributed by atoms with Gasteiger partial charge >= 0.3 is 6.18 Å². The molecule has 1 aromatic heterocycles. The van der Waals surface area contributed by atoms with Crippen LogP contribution in [-0.2, 0) is 11.3 Å². The third kappa shape index (κ3) is 5.45. The van der Waals surface area contributed by atoms with Crippen molar-refractivity contribution in [2.24, 2.45) is 0 Å². The van der Waals surface area contributed by atoms with Gasteiger partial charge in [-0.05, 0) is 24.6 Å². The lowest BCUT2D eigenvalue weighted by Gasteiger charge is -2.16. The molecular weight excluding hydrogens is 363 g/mol. The second-order valence-electron chi connectivity index (χ2n) is 5.05. The molecule has 1 atom stereocenters. The molecule has 0 radical (unpaired) electrons. The Morgan fingerprint density at radius 3 is 2.75 bits per heavy atom. The minimum Gasteiger partial charge on any atom is -0.325 e. The van der Waals surface area contributed by atoms with Gasteiger partial charge in [-0.25, -0.2) is 0 Å². The summed E-state index contributed by atoms with van der Waals surface area (Å²) in [6.07, 6.45) is -0.884. The van der Waals surface area contributed by atoms with Crippen molar-refractivity contribution in [2.45, 2.75) is 35.7 Å². The first kappa shape index (κ1) is 18.7. The fourth-order valence-corrected chi connectivity index (χ4v) is 2.92. The Kier molecular flexibility index (Phi) is 6.17. The molecule has 2 aromatic rings. The van der Waals surface area contributed by atoms with Crippen LogP contribution < -0.4 is 5.32 Å². The lowest BCUT2D eigenvalue weighted by Crippen LogP contribution is -2.20. The maximum atomic E-state index is 12.6. The van der Waals surface area contributed by atoms with Crippen LogP contribution in [0.2, 0.25) is 0 Å². The first-order chi connectivity index (χ1) is 11.3. The Labute approximate surface area is 146 Å². The highest BCUT2D eigenvalue weighted by Gasteiger charge is 2.39. The van der Waals surface area contributed by atoms with Crippen LogP contribution in [-0.4, -0.2) is 26.6 Å². The zero-order chi connectivity index (χ0) is 17.7. The fourth-order valence-electron chi connectivity index (χ4n) is 1.87. The summed E-state index contributed by atoms with van der Waals surface area (Å²) < 4.78 is 37.3. The minimum absolute atomic E-state index is 0.156. The lowest BCUT2D eigenvalue weighted by molar-refractivity contribution is -0.116. The summed E-state index contributed by atoms with van der Waals surface area (Å²) in [5.41, 5.74) is 1.29. The van der Waals surface area contributed by atoms with Crippen molar-refractivity contribution in [1.29, 1.82) is 0 Å². The molecule has 9 heteroatoms. The number of carbonyl (C=O) groups is 1. The summed E-state index contributed by atoms with van der Waals surface area (Å²) in [4.78, 5) is 12.3. The van der Waals surface area contributed by atoms with E-state index in [1.54, 1.807) is 29.2 Å². The van der Waals surface area contributed by atoms with Crippen molar-refractivity contribution in [1.82, 2.24) is 9.78 Å². The molecule has 0 saturated heterocycles. The predicted octanol–water partition coefficient (Wildman–Crippen LogP) is 4.44. The molecule has 0 saturated carbocycles. The van der Waals surface area contributed by atoms with E-state index in [1.807, 2.05) is 6.92 Å². The molecule has 0 bridgehead atoms. The number of halogens is 4. The number of hydrogen-bond donors (Lipinski definition) is 1. The van der Waals surface area contributed by atoms with Gasteiger partial charge in [-0.1, -0.05) is 23.9 Å². The monoisotopic (exact) mass is 377 g/mol. The molecule has 0 aliphatic heterocycles. The largest absolute Gasteiger partial charge is 0.414 e. The molecule has 1 aromatic carbocycles. The third-order valence-corrected chi connectivity index (χ3v) is 4.58. The van der Waals surface area contributed by atoms with E-state index in [0.717, 1.165) is 5.56 Å². The second kappa shape index (κ2) is 7.94. The summed E-state index contributed by atoms with van der Waals surface area (Å²) >= 11 is 5.80. The summed E-state index contributed by atoms with van der Waals surface area (Å²) in [7, 11) is 0. The van der Waals surface area contributed by atoms with Gasteiger partial charge in [-0.3, -0.25) is 9.48 Å². The Morgan fingerprint density at radius 1 is 1.42 bits per heavy atom. The Bertz CT molecular complexity index is 705. The number of benzene rings is 1. The number of amides is 1. The minimum atomic E-state index is -4.53. The van der Waals surface area contributed by atoms with Crippen LogP contribution in [0.5, 0.6) is 0 Å². The highest BCUT2D eigenvalue weighted by molar-refractivity contribution is 8.01. The van der Waals surface area contributed by atoms with Crippen molar-refractivity contribution in [2.75, 3.05) is 5.32 Å². The van der Waals surface area contributed by atoms with Crippen molar-refractivity contribution in [3.05, 3.63) is 42.2 Å². The first-order valence-electron chi connectivity index (χ1n) is 7.01. The average molecular weight is 378 g/mol. The molecule has 130 valence electrons. The van der Waals surface area contributed by atoms with Crippen molar-refractivity contribution < 1.29 is 18.0 Å². The summed E-state index contributed by atoms with van der Waals surface area (Å²) in [6.45, 7) is 2.27. The number of nitrogens with zero attached hydrogens (tertiary/aromatic N) is 2. The zero-order valence-corrected chi connectivity index (χ0v) is 14.3. The summed E-state index contributed by atoms with van der Waals surface area (Å²) in [5, 5.41) is 6.69. The number of aromatic nitrogens is 2. The number of rotatable bonds is 6. The molecule has 2 rings (SSSR count). The van der Waals surface area contributed by atoms with E-state index in [-0.39, 0.29) is 17.2 Å². The number of para-hydroxylation sites is 1. The van der Waals surface area contributed by atoms with Crippen LogP contribution in [0.15, 0.2) is 41.6 Å². The number of aryl methyl sites for hydroxylation is 2. The molecule has 1 unspecified atom stereocenters. The van der Waals surface area contributed by atoms with Gasteiger partial charge in [-0.15, -0.1) is 11.6 Å². The Balaban J connectivity index is 1.97. The lowest BCUT2D eigenvalue weighted by atomic mass is 10.3. The van der Waals surface area contributed by atoms with E-state index in [1.165, 1.54) is 12.1 Å². The molecule has 4 nitrogen and oxygen atoms in total. The van der Waals surface area contributed by atoms with Crippen LogP contribution >= 0.6 is 23.4 Å². The smallest absolute Gasteiger partial charge is 0.325 e. The van der Waals surface area contributed by atoms with Crippen LogP contribution in [0.1, 0.15) is 12.0 Å². The Hall–Kier alpha value is -1.67. The van der Waals surface area contributed by atoms with E-state index < -0.39 is 10.9 Å². The molecule has 24 heavy (non-hydrogen) atoms. The predicted molar refractivity (Wildman–Crippen MR) is 88.2 cm³/mol. The van der Waals surface area contributed by atoms with Gasteiger partial charge in [0.25, 0.3) is 0 Å². The molecule has 0 fully saturated rings. The van der Waals surface area contributed by atoms with E-state index in [0.29, 0.717) is 24.0 Å². The van der Waals surface area contributed by atoms with Gasteiger partial charge in [0.05, 0.1) is 11.9 Å². The maximum absolute atomic E-state index is 12.6. The van der Waals surface area contributed by atoms with Crippen LogP contribution in [0.4, 0.5) is 18.9 Å². The van der Waals surface area contributed by atoms with Gasteiger partial charge in [-0.2, -0.15) is 18.3 Å². The van der Waals surface area contributed by atoms with Crippen molar-refractivity contribution in [3.8, 4) is 0 Å². The summed E-state index contributed by atoms with van der Waals surface area (Å²) in [5.74, 6) is -0.311. The molecular formula is C15H15ClF3N3OS. The SMILES string of the molecule is Cc1cnn(CCC(=O)Nc2ccccc2SC(Cl)C(F)(F)F)c1. The van der Waals surface area contributed by atoms with Crippen LogP contribution in [0.25, 0.3) is 0 Å². The second-order valence-corrected chi connectivity index (χ2v) is 6.89. The van der Waals surface area contributed by atoms with Gasteiger partial charge < -0.3 is 5.32 Å². The number of thioether (sulfide) groups is 1. The highest BCUT2D eigenvalue weighted by Crippen LogP contribution is 2.40. The van der Waals surface area contributed by atoms with Crippen molar-refractivity contribution >= 4 is 35.0 Å². The molecule has 1 heterocycles.